The highest BCUT2D eigenvalue weighted by molar-refractivity contribution is 7.89. The van der Waals surface area contributed by atoms with Gasteiger partial charge in [0.05, 0.1) is 4.90 Å². The van der Waals surface area contributed by atoms with Crippen LogP contribution >= 0.6 is 0 Å². The molecule has 1 atom stereocenters. The second-order valence-corrected chi connectivity index (χ2v) is 8.41. The predicted octanol–water partition coefficient (Wildman–Crippen LogP) is 1.32. The fourth-order valence-electron chi connectivity index (χ4n) is 3.25. The first-order valence-electron chi connectivity index (χ1n) is 8.37. The quantitative estimate of drug-likeness (QED) is 0.823. The standard InChI is InChI=1S/C17H24N2O4S/c1-13-5-6-14(2)16(12-13)24(21,22)19-9-7-18(8-10-19)17(20)15-4-3-11-23-15/h5-6,12,15H,3-4,7-11H2,1-2H3/t15-/m0/s1. The third-order valence-corrected chi connectivity index (χ3v) is 6.76. The number of hydrogen-bond donors (Lipinski definition) is 0. The number of amides is 1. The largest absolute Gasteiger partial charge is 0.368 e. The summed E-state index contributed by atoms with van der Waals surface area (Å²) in [5, 5.41) is 0. The van der Waals surface area contributed by atoms with Crippen LogP contribution in [0.4, 0.5) is 0 Å². The molecule has 0 unspecified atom stereocenters. The number of carbonyl (C=O) groups is 1. The number of rotatable bonds is 3. The average molecular weight is 352 g/mol. The van der Waals surface area contributed by atoms with Crippen LogP contribution in [0, 0.1) is 13.8 Å². The molecule has 24 heavy (non-hydrogen) atoms. The van der Waals surface area contributed by atoms with Crippen molar-refractivity contribution in [2.45, 2.75) is 37.7 Å². The van der Waals surface area contributed by atoms with Crippen LogP contribution in [-0.2, 0) is 19.6 Å². The fourth-order valence-corrected chi connectivity index (χ4v) is 4.98. The third kappa shape index (κ3) is 3.34. The monoisotopic (exact) mass is 352 g/mol. The highest BCUT2D eigenvalue weighted by Crippen LogP contribution is 2.23. The lowest BCUT2D eigenvalue weighted by atomic mass is 10.2. The molecule has 6 nitrogen and oxygen atoms in total. The van der Waals surface area contributed by atoms with E-state index in [1.807, 2.05) is 26.0 Å². The first-order chi connectivity index (χ1) is 11.4. The molecular formula is C17H24N2O4S. The van der Waals surface area contributed by atoms with Crippen LogP contribution in [0.25, 0.3) is 0 Å². The van der Waals surface area contributed by atoms with E-state index in [0.717, 1.165) is 24.0 Å². The summed E-state index contributed by atoms with van der Waals surface area (Å²) in [6.45, 7) is 5.82. The van der Waals surface area contributed by atoms with E-state index in [9.17, 15) is 13.2 Å². The summed E-state index contributed by atoms with van der Waals surface area (Å²) in [5.74, 6) is -0.00344. The Bertz CT molecular complexity index is 718. The fraction of sp³-hybridized carbons (Fsp3) is 0.588. The van der Waals surface area contributed by atoms with Gasteiger partial charge in [-0.2, -0.15) is 4.31 Å². The molecule has 132 valence electrons. The highest BCUT2D eigenvalue weighted by atomic mass is 32.2. The third-order valence-electron chi connectivity index (χ3n) is 4.72. The summed E-state index contributed by atoms with van der Waals surface area (Å²) in [7, 11) is -3.52. The Kier molecular flexibility index (Phi) is 4.94. The topological polar surface area (TPSA) is 66.9 Å². The van der Waals surface area contributed by atoms with E-state index < -0.39 is 10.0 Å². The zero-order chi connectivity index (χ0) is 17.3. The van der Waals surface area contributed by atoms with Gasteiger partial charge in [-0.25, -0.2) is 8.42 Å². The van der Waals surface area contributed by atoms with Gasteiger partial charge in [0.1, 0.15) is 6.10 Å². The van der Waals surface area contributed by atoms with Crippen molar-refractivity contribution in [2.75, 3.05) is 32.8 Å². The van der Waals surface area contributed by atoms with Gasteiger partial charge in [0.25, 0.3) is 5.91 Å². The summed E-state index contributed by atoms with van der Waals surface area (Å²) in [4.78, 5) is 14.4. The maximum atomic E-state index is 12.9. The number of benzene rings is 1. The first kappa shape index (κ1) is 17.4. The Hall–Kier alpha value is -1.44. The first-order valence-corrected chi connectivity index (χ1v) is 9.81. The molecule has 7 heteroatoms. The summed E-state index contributed by atoms with van der Waals surface area (Å²) in [5.41, 5.74) is 1.67. The van der Waals surface area contributed by atoms with Gasteiger partial charge in [-0.3, -0.25) is 4.79 Å². The number of aryl methyl sites for hydroxylation is 2. The molecule has 1 aromatic rings. The molecule has 0 spiro atoms. The van der Waals surface area contributed by atoms with Crippen LogP contribution < -0.4 is 0 Å². The molecule has 0 aromatic heterocycles. The van der Waals surface area contributed by atoms with Gasteiger partial charge >= 0.3 is 0 Å². The summed E-state index contributed by atoms with van der Waals surface area (Å²) < 4.78 is 32.7. The van der Waals surface area contributed by atoms with E-state index in [-0.39, 0.29) is 12.0 Å². The van der Waals surface area contributed by atoms with Gasteiger partial charge in [0.2, 0.25) is 10.0 Å². The van der Waals surface area contributed by atoms with Crippen molar-refractivity contribution in [1.29, 1.82) is 0 Å². The molecule has 2 aliphatic heterocycles. The molecule has 0 radical (unpaired) electrons. The maximum Gasteiger partial charge on any atom is 0.251 e. The molecule has 0 saturated carbocycles. The number of hydrogen-bond acceptors (Lipinski definition) is 4. The van der Waals surface area contributed by atoms with E-state index in [0.29, 0.717) is 37.7 Å². The van der Waals surface area contributed by atoms with Gasteiger partial charge in [0.15, 0.2) is 0 Å². The SMILES string of the molecule is Cc1ccc(C)c(S(=O)(=O)N2CCN(C(=O)[C@@H]3CCCO3)CC2)c1. The molecule has 1 aromatic carbocycles. The predicted molar refractivity (Wildman–Crippen MR) is 90.2 cm³/mol. The highest BCUT2D eigenvalue weighted by Gasteiger charge is 2.34. The van der Waals surface area contributed by atoms with Crippen molar-refractivity contribution in [3.63, 3.8) is 0 Å². The van der Waals surface area contributed by atoms with Crippen molar-refractivity contribution in [3.05, 3.63) is 29.3 Å². The zero-order valence-corrected chi connectivity index (χ0v) is 15.0. The number of ether oxygens (including phenoxy) is 1. The number of carbonyl (C=O) groups excluding carboxylic acids is 1. The van der Waals surface area contributed by atoms with Gasteiger partial charge in [-0.05, 0) is 43.9 Å². The molecule has 2 heterocycles. The molecule has 0 aliphatic carbocycles. The van der Waals surface area contributed by atoms with E-state index in [2.05, 4.69) is 0 Å². The molecule has 2 aliphatic rings. The van der Waals surface area contributed by atoms with E-state index in [1.165, 1.54) is 4.31 Å². The minimum atomic E-state index is -3.52. The van der Waals surface area contributed by atoms with Gasteiger partial charge in [0, 0.05) is 32.8 Å². The summed E-state index contributed by atoms with van der Waals surface area (Å²) in [6.07, 6.45) is 1.34. The molecule has 3 rings (SSSR count). The number of sulfonamides is 1. The minimum absolute atomic E-state index is 0.00344. The Morgan fingerprint density at radius 3 is 2.50 bits per heavy atom. The summed E-state index contributed by atoms with van der Waals surface area (Å²) >= 11 is 0. The molecule has 0 N–H and O–H groups in total. The van der Waals surface area contributed by atoms with Crippen molar-refractivity contribution in [2.24, 2.45) is 0 Å². The van der Waals surface area contributed by atoms with Crippen molar-refractivity contribution in [1.82, 2.24) is 9.21 Å². The van der Waals surface area contributed by atoms with E-state index >= 15 is 0 Å². The van der Waals surface area contributed by atoms with Gasteiger partial charge in [-0.1, -0.05) is 12.1 Å². The van der Waals surface area contributed by atoms with E-state index in [1.54, 1.807) is 11.0 Å². The zero-order valence-electron chi connectivity index (χ0n) is 14.2. The lowest BCUT2D eigenvalue weighted by Gasteiger charge is -2.35. The van der Waals surface area contributed by atoms with Crippen molar-refractivity contribution >= 4 is 15.9 Å². The van der Waals surface area contributed by atoms with Gasteiger partial charge < -0.3 is 9.64 Å². The summed E-state index contributed by atoms with van der Waals surface area (Å²) in [6, 6.07) is 5.46. The lowest BCUT2D eigenvalue weighted by molar-refractivity contribution is -0.142. The second-order valence-electron chi connectivity index (χ2n) is 6.50. The van der Waals surface area contributed by atoms with Crippen LogP contribution in [0.15, 0.2) is 23.1 Å². The van der Waals surface area contributed by atoms with Crippen LogP contribution in [-0.4, -0.2) is 62.4 Å². The average Bonchev–Trinajstić information content (AvgIpc) is 3.11. The van der Waals surface area contributed by atoms with Crippen molar-refractivity contribution < 1.29 is 17.9 Å². The molecular weight excluding hydrogens is 328 g/mol. The minimum Gasteiger partial charge on any atom is -0.368 e. The Labute approximate surface area is 143 Å². The van der Waals surface area contributed by atoms with Crippen LogP contribution in [0.3, 0.4) is 0 Å². The molecule has 0 bridgehead atoms. The Morgan fingerprint density at radius 2 is 1.88 bits per heavy atom. The normalized spacial score (nSPS) is 22.8. The number of piperazine rings is 1. The smallest absolute Gasteiger partial charge is 0.251 e. The Balaban J connectivity index is 1.69. The molecule has 2 saturated heterocycles. The maximum absolute atomic E-state index is 12.9. The second kappa shape index (κ2) is 6.82. The van der Waals surface area contributed by atoms with E-state index in [4.69, 9.17) is 4.74 Å². The van der Waals surface area contributed by atoms with Crippen LogP contribution in [0.1, 0.15) is 24.0 Å². The van der Waals surface area contributed by atoms with Gasteiger partial charge in [-0.15, -0.1) is 0 Å². The van der Waals surface area contributed by atoms with Crippen LogP contribution in [0.2, 0.25) is 0 Å². The lowest BCUT2D eigenvalue weighted by Crippen LogP contribution is -2.52. The molecule has 1 amide bonds. The Morgan fingerprint density at radius 1 is 1.17 bits per heavy atom. The number of nitrogens with zero attached hydrogens (tertiary/aromatic N) is 2. The van der Waals surface area contributed by atoms with Crippen molar-refractivity contribution in [3.8, 4) is 0 Å². The van der Waals surface area contributed by atoms with Crippen LogP contribution in [0.5, 0.6) is 0 Å². The molecule has 2 fully saturated rings.